The molecule has 1 aliphatic heterocycles. The summed E-state index contributed by atoms with van der Waals surface area (Å²) in [5.41, 5.74) is -0.152. The minimum Gasteiger partial charge on any atom is -0.348 e. The minimum atomic E-state index is -4.54. The van der Waals surface area contributed by atoms with Crippen LogP contribution in [0.2, 0.25) is 0 Å². The molecule has 2 amide bonds. The lowest BCUT2D eigenvalue weighted by Crippen LogP contribution is -2.57. The average molecular weight is 350 g/mol. The molecule has 9 heteroatoms. The van der Waals surface area contributed by atoms with Gasteiger partial charge >= 0.3 is 6.18 Å². The fraction of sp³-hybridized carbons (Fsp3) is 0.467. The van der Waals surface area contributed by atoms with Crippen LogP contribution in [0, 0.1) is 11.6 Å². The number of carbonyl (C=O) groups excluding carboxylic acids is 2. The molecule has 2 rings (SSSR count). The van der Waals surface area contributed by atoms with E-state index in [1.807, 2.05) is 0 Å². The van der Waals surface area contributed by atoms with E-state index in [-0.39, 0.29) is 24.9 Å². The van der Waals surface area contributed by atoms with E-state index in [1.54, 1.807) is 0 Å². The number of hydrogen-bond acceptors (Lipinski definition) is 2. The van der Waals surface area contributed by atoms with Gasteiger partial charge in [0.1, 0.15) is 6.04 Å². The lowest BCUT2D eigenvalue weighted by Gasteiger charge is -2.40. The van der Waals surface area contributed by atoms with Crippen LogP contribution < -0.4 is 5.32 Å². The van der Waals surface area contributed by atoms with Gasteiger partial charge in [0.2, 0.25) is 5.91 Å². The molecule has 1 aliphatic rings. The summed E-state index contributed by atoms with van der Waals surface area (Å²) in [5.74, 6) is -3.80. The Morgan fingerprint density at radius 2 is 1.83 bits per heavy atom. The van der Waals surface area contributed by atoms with E-state index >= 15 is 0 Å². The number of carbonyl (C=O) groups is 2. The lowest BCUT2D eigenvalue weighted by atomic mass is 9.97. The molecule has 0 unspecified atom stereocenters. The molecule has 2 atom stereocenters. The summed E-state index contributed by atoms with van der Waals surface area (Å²) in [6, 6.07) is -0.0289. The number of piperidine rings is 1. The number of benzene rings is 1. The Hall–Kier alpha value is -2.19. The Kier molecular flexibility index (Phi) is 5.10. The van der Waals surface area contributed by atoms with Gasteiger partial charge in [-0.15, -0.1) is 0 Å². The third-order valence-corrected chi connectivity index (χ3v) is 3.88. The monoisotopic (exact) mass is 350 g/mol. The predicted molar refractivity (Wildman–Crippen MR) is 74.1 cm³/mol. The molecule has 0 radical (unpaired) electrons. The molecule has 1 saturated heterocycles. The second-order valence-corrected chi connectivity index (χ2v) is 5.61. The van der Waals surface area contributed by atoms with Gasteiger partial charge in [0.05, 0.1) is 0 Å². The molecule has 4 nitrogen and oxygen atoms in total. The van der Waals surface area contributed by atoms with Gasteiger partial charge in [-0.05, 0) is 31.0 Å². The van der Waals surface area contributed by atoms with E-state index in [9.17, 15) is 31.5 Å². The summed E-state index contributed by atoms with van der Waals surface area (Å²) in [7, 11) is 0. The van der Waals surface area contributed by atoms with Crippen molar-refractivity contribution in [2.24, 2.45) is 0 Å². The summed E-state index contributed by atoms with van der Waals surface area (Å²) in [6.45, 7) is 0.729. The van der Waals surface area contributed by atoms with Gasteiger partial charge in [-0.25, -0.2) is 8.78 Å². The van der Waals surface area contributed by atoms with Crippen molar-refractivity contribution in [1.29, 1.82) is 0 Å². The molecule has 24 heavy (non-hydrogen) atoms. The molecule has 1 fully saturated rings. The van der Waals surface area contributed by atoms with E-state index < -0.39 is 41.7 Å². The summed E-state index contributed by atoms with van der Waals surface area (Å²) in [5, 5.41) is 2.45. The zero-order chi connectivity index (χ0) is 18.1. The van der Waals surface area contributed by atoms with Crippen molar-refractivity contribution in [3.63, 3.8) is 0 Å². The highest BCUT2D eigenvalue weighted by atomic mass is 19.4. The van der Waals surface area contributed by atoms with Gasteiger partial charge in [-0.1, -0.05) is 0 Å². The fourth-order valence-electron chi connectivity index (χ4n) is 2.68. The van der Waals surface area contributed by atoms with E-state index in [4.69, 9.17) is 0 Å². The molecular formula is C15H15F5N2O2. The Balaban J connectivity index is 2.07. The number of hydrogen-bond donors (Lipinski definition) is 1. The molecule has 1 heterocycles. The highest BCUT2D eigenvalue weighted by Crippen LogP contribution is 2.32. The molecular weight excluding hydrogens is 335 g/mol. The standard InChI is InChI=1S/C15H15F5N2O2/c1-8(23)22-7-10(3-5-13(22)15(18,19)20)21-14(24)9-2-4-11(16)12(17)6-9/h2,4,6,10,13H,3,5,7H2,1H3,(H,21,24)/t10-,13-/m0/s1. The van der Waals surface area contributed by atoms with Crippen molar-refractivity contribution in [3.8, 4) is 0 Å². The predicted octanol–water partition coefficient (Wildman–Crippen LogP) is 2.64. The number of rotatable bonds is 2. The third kappa shape index (κ3) is 4.01. The SMILES string of the molecule is CC(=O)N1C[C@@H](NC(=O)c2ccc(F)c(F)c2)CC[C@H]1C(F)(F)F. The van der Waals surface area contributed by atoms with E-state index in [1.165, 1.54) is 0 Å². The Morgan fingerprint density at radius 3 is 2.38 bits per heavy atom. The van der Waals surface area contributed by atoms with Crippen molar-refractivity contribution >= 4 is 11.8 Å². The molecule has 0 bridgehead atoms. The molecule has 1 aromatic rings. The van der Waals surface area contributed by atoms with Gasteiger partial charge in [0.15, 0.2) is 11.6 Å². The third-order valence-electron chi connectivity index (χ3n) is 3.88. The van der Waals surface area contributed by atoms with Crippen LogP contribution in [0.1, 0.15) is 30.1 Å². The number of likely N-dealkylation sites (tertiary alicyclic amines) is 1. The summed E-state index contributed by atoms with van der Waals surface area (Å²) in [6.07, 6.45) is -4.87. The Labute approximate surface area is 134 Å². The quantitative estimate of drug-likeness (QED) is 0.834. The maximum Gasteiger partial charge on any atom is 0.408 e. The first kappa shape index (κ1) is 18.2. The zero-order valence-electron chi connectivity index (χ0n) is 12.7. The molecule has 0 spiro atoms. The van der Waals surface area contributed by atoms with Crippen LogP contribution >= 0.6 is 0 Å². The first-order valence-electron chi connectivity index (χ1n) is 7.19. The summed E-state index contributed by atoms with van der Waals surface area (Å²) < 4.78 is 64.8. The minimum absolute atomic E-state index is 0.0172. The maximum atomic E-state index is 13.1. The van der Waals surface area contributed by atoms with Crippen molar-refractivity contribution < 1.29 is 31.5 Å². The topological polar surface area (TPSA) is 49.4 Å². The van der Waals surface area contributed by atoms with Gasteiger partial charge in [0.25, 0.3) is 5.91 Å². The zero-order valence-corrected chi connectivity index (χ0v) is 12.7. The molecule has 0 aromatic heterocycles. The Bertz CT molecular complexity index is 647. The maximum absolute atomic E-state index is 13.1. The molecule has 1 aromatic carbocycles. The summed E-state index contributed by atoms with van der Waals surface area (Å²) in [4.78, 5) is 24.1. The highest BCUT2D eigenvalue weighted by molar-refractivity contribution is 5.94. The van der Waals surface area contributed by atoms with Gasteiger partial charge in [0, 0.05) is 25.1 Å². The normalized spacial score (nSPS) is 21.5. The molecule has 0 saturated carbocycles. The number of alkyl halides is 3. The first-order chi connectivity index (χ1) is 11.1. The molecule has 0 aliphatic carbocycles. The first-order valence-corrected chi connectivity index (χ1v) is 7.19. The van der Waals surface area contributed by atoms with Crippen LogP contribution in [-0.2, 0) is 4.79 Å². The average Bonchev–Trinajstić information content (AvgIpc) is 2.48. The molecule has 132 valence electrons. The molecule has 1 N–H and O–H groups in total. The van der Waals surface area contributed by atoms with Crippen LogP contribution in [0.5, 0.6) is 0 Å². The van der Waals surface area contributed by atoms with Crippen molar-refractivity contribution in [3.05, 3.63) is 35.4 Å². The second-order valence-electron chi connectivity index (χ2n) is 5.61. The van der Waals surface area contributed by atoms with E-state index in [0.717, 1.165) is 19.1 Å². The van der Waals surface area contributed by atoms with Crippen LogP contribution in [-0.4, -0.2) is 41.5 Å². The van der Waals surface area contributed by atoms with Gasteiger partial charge in [-0.3, -0.25) is 9.59 Å². The number of nitrogens with zero attached hydrogens (tertiary/aromatic N) is 1. The van der Waals surface area contributed by atoms with Gasteiger partial charge < -0.3 is 10.2 Å². The highest BCUT2D eigenvalue weighted by Gasteiger charge is 2.47. The lowest BCUT2D eigenvalue weighted by molar-refractivity contribution is -0.196. The van der Waals surface area contributed by atoms with Crippen LogP contribution in [0.3, 0.4) is 0 Å². The second kappa shape index (κ2) is 6.74. The van der Waals surface area contributed by atoms with Crippen molar-refractivity contribution in [1.82, 2.24) is 10.2 Å². The van der Waals surface area contributed by atoms with E-state index in [2.05, 4.69) is 5.32 Å². The van der Waals surface area contributed by atoms with Crippen LogP contribution in [0.4, 0.5) is 22.0 Å². The Morgan fingerprint density at radius 1 is 1.17 bits per heavy atom. The number of nitrogens with one attached hydrogen (secondary N) is 1. The van der Waals surface area contributed by atoms with Crippen molar-refractivity contribution in [2.75, 3.05) is 6.54 Å². The van der Waals surface area contributed by atoms with Crippen molar-refractivity contribution in [2.45, 2.75) is 38.0 Å². The van der Waals surface area contributed by atoms with Crippen LogP contribution in [0.15, 0.2) is 18.2 Å². The van der Waals surface area contributed by atoms with E-state index in [0.29, 0.717) is 11.0 Å². The van der Waals surface area contributed by atoms with Gasteiger partial charge in [-0.2, -0.15) is 13.2 Å². The number of amides is 2. The smallest absolute Gasteiger partial charge is 0.348 e. The summed E-state index contributed by atoms with van der Waals surface area (Å²) >= 11 is 0. The fourth-order valence-corrected chi connectivity index (χ4v) is 2.68. The largest absolute Gasteiger partial charge is 0.408 e. The number of halogens is 5. The van der Waals surface area contributed by atoms with Crippen LogP contribution in [0.25, 0.3) is 0 Å².